The van der Waals surface area contributed by atoms with E-state index in [4.69, 9.17) is 4.74 Å². The Kier molecular flexibility index (Phi) is 2.94. The van der Waals surface area contributed by atoms with Crippen molar-refractivity contribution in [1.29, 1.82) is 0 Å². The van der Waals surface area contributed by atoms with Crippen LogP contribution in [0.5, 0.6) is 0 Å². The maximum atomic E-state index is 12.2. The highest BCUT2D eigenvalue weighted by Crippen LogP contribution is 2.37. The van der Waals surface area contributed by atoms with Gasteiger partial charge in [-0.05, 0) is 29.8 Å². The number of carbonyl (C=O) groups excluding carboxylic acids is 2. The van der Waals surface area contributed by atoms with Gasteiger partial charge in [0.1, 0.15) is 0 Å². The van der Waals surface area contributed by atoms with Crippen LogP contribution >= 0.6 is 0 Å². The molecule has 2 heterocycles. The number of hydrogen-bond donors (Lipinski definition) is 2. The van der Waals surface area contributed by atoms with Crippen molar-refractivity contribution in [3.8, 4) is 11.3 Å². The first kappa shape index (κ1) is 13.6. The molecule has 114 valence electrons. The van der Waals surface area contributed by atoms with Gasteiger partial charge in [0.25, 0.3) is 0 Å². The van der Waals surface area contributed by atoms with E-state index >= 15 is 0 Å². The normalized spacial score (nSPS) is 13.0. The number of amides is 1. The first-order valence-electron chi connectivity index (χ1n) is 7.29. The van der Waals surface area contributed by atoms with Gasteiger partial charge in [0.2, 0.25) is 5.91 Å². The molecule has 0 saturated carbocycles. The van der Waals surface area contributed by atoms with Gasteiger partial charge in [-0.25, -0.2) is 4.79 Å². The summed E-state index contributed by atoms with van der Waals surface area (Å²) in [7, 11) is 1.35. The van der Waals surface area contributed by atoms with Crippen LogP contribution in [-0.2, 0) is 16.0 Å². The molecule has 1 aliphatic heterocycles. The molecule has 23 heavy (non-hydrogen) atoms. The smallest absolute Gasteiger partial charge is 0.337 e. The molecule has 3 aromatic rings. The molecule has 1 aliphatic rings. The Hall–Kier alpha value is -3.08. The summed E-state index contributed by atoms with van der Waals surface area (Å²) in [6, 6.07) is 13.0. The number of benzene rings is 2. The summed E-state index contributed by atoms with van der Waals surface area (Å²) in [5.74, 6) is -0.471. The molecule has 0 saturated heterocycles. The monoisotopic (exact) mass is 306 g/mol. The van der Waals surface area contributed by atoms with Crippen molar-refractivity contribution < 1.29 is 14.3 Å². The lowest BCUT2D eigenvalue weighted by atomic mass is 10.0. The second kappa shape index (κ2) is 4.98. The quantitative estimate of drug-likeness (QED) is 0.679. The predicted octanol–water partition coefficient (Wildman–Crippen LogP) is 3.12. The van der Waals surface area contributed by atoms with Crippen molar-refractivity contribution in [2.45, 2.75) is 6.42 Å². The van der Waals surface area contributed by atoms with E-state index in [0.29, 0.717) is 17.7 Å². The summed E-state index contributed by atoms with van der Waals surface area (Å²) < 4.78 is 4.79. The molecule has 0 radical (unpaired) electrons. The molecule has 1 amide bonds. The Morgan fingerprint density at radius 2 is 2.00 bits per heavy atom. The molecule has 2 N–H and O–H groups in total. The molecule has 0 unspecified atom stereocenters. The van der Waals surface area contributed by atoms with Gasteiger partial charge < -0.3 is 15.0 Å². The number of carbonyl (C=O) groups is 2. The number of rotatable bonds is 1. The van der Waals surface area contributed by atoms with E-state index in [-0.39, 0.29) is 5.91 Å². The minimum absolute atomic E-state index is 0.0689. The summed E-state index contributed by atoms with van der Waals surface area (Å²) in [6.45, 7) is 0. The summed E-state index contributed by atoms with van der Waals surface area (Å²) in [6.07, 6.45) is 0.293. The molecule has 1 aromatic heterocycles. The molecule has 5 nitrogen and oxygen atoms in total. The molecule has 4 rings (SSSR count). The zero-order valence-electron chi connectivity index (χ0n) is 12.5. The minimum atomic E-state index is -0.402. The Labute approximate surface area is 132 Å². The van der Waals surface area contributed by atoms with E-state index in [2.05, 4.69) is 10.3 Å². The fourth-order valence-electron chi connectivity index (χ4n) is 3.07. The van der Waals surface area contributed by atoms with Gasteiger partial charge in [0.15, 0.2) is 0 Å². The van der Waals surface area contributed by atoms with Crippen LogP contribution in [0.3, 0.4) is 0 Å². The Morgan fingerprint density at radius 1 is 1.17 bits per heavy atom. The fourth-order valence-corrected chi connectivity index (χ4v) is 3.07. The highest BCUT2D eigenvalue weighted by atomic mass is 16.5. The number of esters is 1. The van der Waals surface area contributed by atoms with Crippen LogP contribution in [0, 0.1) is 0 Å². The first-order chi connectivity index (χ1) is 11.2. The molecule has 0 atom stereocenters. The van der Waals surface area contributed by atoms with Gasteiger partial charge >= 0.3 is 5.97 Å². The van der Waals surface area contributed by atoms with Crippen molar-refractivity contribution in [3.05, 3.63) is 53.6 Å². The molecule has 2 aromatic carbocycles. The highest BCUT2D eigenvalue weighted by molar-refractivity contribution is 6.06. The third kappa shape index (κ3) is 2.09. The summed E-state index contributed by atoms with van der Waals surface area (Å²) in [4.78, 5) is 27.4. The van der Waals surface area contributed by atoms with E-state index in [1.165, 1.54) is 7.11 Å². The summed E-state index contributed by atoms with van der Waals surface area (Å²) >= 11 is 0. The molecule has 0 aliphatic carbocycles. The number of aromatic nitrogens is 1. The van der Waals surface area contributed by atoms with Crippen molar-refractivity contribution >= 4 is 28.5 Å². The van der Waals surface area contributed by atoms with Crippen LogP contribution in [0.1, 0.15) is 15.9 Å². The van der Waals surface area contributed by atoms with Crippen LogP contribution in [-0.4, -0.2) is 24.0 Å². The molecule has 0 bridgehead atoms. The Bertz CT molecular complexity index is 956. The van der Waals surface area contributed by atoms with E-state index in [9.17, 15) is 9.59 Å². The molecule has 0 spiro atoms. The Morgan fingerprint density at radius 3 is 2.83 bits per heavy atom. The van der Waals surface area contributed by atoms with Gasteiger partial charge in [-0.1, -0.05) is 18.2 Å². The van der Waals surface area contributed by atoms with Gasteiger partial charge in [-0.15, -0.1) is 0 Å². The lowest BCUT2D eigenvalue weighted by molar-refractivity contribution is -0.115. The molecule has 0 fully saturated rings. The van der Waals surface area contributed by atoms with Crippen molar-refractivity contribution in [1.82, 2.24) is 4.98 Å². The molecular weight excluding hydrogens is 292 g/mol. The summed E-state index contributed by atoms with van der Waals surface area (Å²) in [5, 5.41) is 3.92. The van der Waals surface area contributed by atoms with E-state index in [1.807, 2.05) is 24.3 Å². The fraction of sp³-hybridized carbons (Fsp3) is 0.111. The maximum absolute atomic E-state index is 12.2. The minimum Gasteiger partial charge on any atom is -0.465 e. The number of para-hydroxylation sites is 1. The number of nitrogens with one attached hydrogen (secondary N) is 2. The molecule has 5 heteroatoms. The van der Waals surface area contributed by atoms with Crippen LogP contribution in [0.4, 0.5) is 5.69 Å². The number of hydrogen-bond acceptors (Lipinski definition) is 3. The topological polar surface area (TPSA) is 71.2 Å². The van der Waals surface area contributed by atoms with E-state index in [1.54, 1.807) is 18.2 Å². The van der Waals surface area contributed by atoms with Crippen molar-refractivity contribution in [2.75, 3.05) is 12.4 Å². The van der Waals surface area contributed by atoms with Gasteiger partial charge in [-0.3, -0.25) is 4.79 Å². The number of aromatic amines is 1. The second-order valence-corrected chi connectivity index (χ2v) is 5.50. The van der Waals surface area contributed by atoms with Gasteiger partial charge in [-0.2, -0.15) is 0 Å². The van der Waals surface area contributed by atoms with Gasteiger partial charge in [0, 0.05) is 16.5 Å². The zero-order valence-corrected chi connectivity index (χ0v) is 12.5. The third-order valence-corrected chi connectivity index (χ3v) is 4.14. The van der Waals surface area contributed by atoms with Crippen molar-refractivity contribution in [3.63, 3.8) is 0 Å². The SMILES string of the molecule is COC(=O)c1ccc2c(c1)-c1[nH]c3ccccc3c1CC(=O)N2. The number of anilines is 1. The Balaban J connectivity index is 2.01. The lowest BCUT2D eigenvalue weighted by Crippen LogP contribution is -2.12. The van der Waals surface area contributed by atoms with Crippen LogP contribution in [0.15, 0.2) is 42.5 Å². The largest absolute Gasteiger partial charge is 0.465 e. The third-order valence-electron chi connectivity index (χ3n) is 4.14. The average molecular weight is 306 g/mol. The van der Waals surface area contributed by atoms with Crippen LogP contribution < -0.4 is 5.32 Å². The van der Waals surface area contributed by atoms with Crippen LogP contribution in [0.2, 0.25) is 0 Å². The predicted molar refractivity (Wildman–Crippen MR) is 87.4 cm³/mol. The standard InChI is InChI=1S/C18H14N2O3/c1-23-18(22)10-6-7-15-13(8-10)17-12(9-16(21)19-15)11-4-2-3-5-14(11)20-17/h2-8,20H,9H2,1H3,(H,19,21). The zero-order chi connectivity index (χ0) is 16.0. The van der Waals surface area contributed by atoms with Crippen molar-refractivity contribution in [2.24, 2.45) is 0 Å². The van der Waals surface area contributed by atoms with E-state index in [0.717, 1.165) is 27.7 Å². The average Bonchev–Trinajstić information content (AvgIpc) is 2.86. The maximum Gasteiger partial charge on any atom is 0.337 e. The summed E-state index contributed by atoms with van der Waals surface area (Å²) in [5.41, 5.74) is 4.72. The van der Waals surface area contributed by atoms with E-state index < -0.39 is 5.97 Å². The van der Waals surface area contributed by atoms with Gasteiger partial charge in [0.05, 0.1) is 30.5 Å². The first-order valence-corrected chi connectivity index (χ1v) is 7.29. The van der Waals surface area contributed by atoms with Crippen LogP contribution in [0.25, 0.3) is 22.2 Å². The number of methoxy groups -OCH3 is 1. The number of fused-ring (bicyclic) bond motifs is 5. The number of ether oxygens (including phenoxy) is 1. The molecular formula is C18H14N2O3. The highest BCUT2D eigenvalue weighted by Gasteiger charge is 2.23. The number of H-pyrrole nitrogens is 1. The second-order valence-electron chi connectivity index (χ2n) is 5.50. The lowest BCUT2D eigenvalue weighted by Gasteiger charge is -2.09.